The Bertz CT molecular complexity index is 181. The highest BCUT2D eigenvalue weighted by Crippen LogP contribution is 2.20. The molecule has 0 saturated carbocycles. The maximum Gasteiger partial charge on any atom is 0.0509 e. The van der Waals surface area contributed by atoms with Crippen LogP contribution < -0.4 is 5.73 Å². The normalized spacial score (nSPS) is 24.0. The molecule has 0 spiro atoms. The van der Waals surface area contributed by atoms with Crippen LogP contribution in [0.3, 0.4) is 0 Å². The Hall–Kier alpha value is -0.160. The third-order valence-electron chi connectivity index (χ3n) is 3.45. The molecular weight excluding hydrogens is 202 g/mol. The van der Waals surface area contributed by atoms with Crippen molar-refractivity contribution in [3.63, 3.8) is 0 Å². The fraction of sp³-hybridized carbons (Fsp3) is 1.00. The van der Waals surface area contributed by atoms with E-state index in [1.807, 2.05) is 0 Å². The Morgan fingerprint density at radius 3 is 2.56 bits per heavy atom. The lowest BCUT2D eigenvalue weighted by molar-refractivity contribution is 0.0163. The van der Waals surface area contributed by atoms with Crippen molar-refractivity contribution in [2.24, 2.45) is 11.7 Å². The van der Waals surface area contributed by atoms with Gasteiger partial charge < -0.3 is 20.3 Å². The Labute approximate surface area is 99.7 Å². The fourth-order valence-corrected chi connectivity index (χ4v) is 2.32. The Kier molecular flexibility index (Phi) is 6.28. The zero-order valence-corrected chi connectivity index (χ0v) is 11.0. The van der Waals surface area contributed by atoms with Crippen LogP contribution in [0, 0.1) is 5.92 Å². The van der Waals surface area contributed by atoms with Crippen LogP contribution in [-0.4, -0.2) is 69.8 Å². The van der Waals surface area contributed by atoms with Gasteiger partial charge in [-0.15, -0.1) is 0 Å². The summed E-state index contributed by atoms with van der Waals surface area (Å²) in [7, 11) is 6.39. The number of ether oxygens (including phenoxy) is 1. The van der Waals surface area contributed by atoms with Gasteiger partial charge in [-0.05, 0) is 39.9 Å². The van der Waals surface area contributed by atoms with Gasteiger partial charge in [0.05, 0.1) is 6.61 Å². The molecule has 96 valence electrons. The van der Waals surface area contributed by atoms with E-state index in [0.29, 0.717) is 12.0 Å². The summed E-state index contributed by atoms with van der Waals surface area (Å²) in [4.78, 5) is 4.60. The van der Waals surface area contributed by atoms with Gasteiger partial charge in [-0.2, -0.15) is 0 Å². The van der Waals surface area contributed by atoms with Gasteiger partial charge in [-0.3, -0.25) is 0 Å². The zero-order chi connectivity index (χ0) is 12.0. The summed E-state index contributed by atoms with van der Waals surface area (Å²) in [6, 6.07) is 0.472. The highest BCUT2D eigenvalue weighted by molar-refractivity contribution is 4.80. The van der Waals surface area contributed by atoms with Crippen LogP contribution in [0.1, 0.15) is 12.8 Å². The van der Waals surface area contributed by atoms with Crippen LogP contribution in [0.2, 0.25) is 0 Å². The van der Waals surface area contributed by atoms with Crippen LogP contribution in [-0.2, 0) is 4.74 Å². The van der Waals surface area contributed by atoms with E-state index in [9.17, 15) is 0 Å². The van der Waals surface area contributed by atoms with Gasteiger partial charge in [-0.1, -0.05) is 0 Å². The number of likely N-dealkylation sites (N-methyl/N-ethyl adjacent to an activating group) is 2. The maximum atomic E-state index is 5.90. The van der Waals surface area contributed by atoms with Gasteiger partial charge in [0.2, 0.25) is 0 Å². The first-order valence-corrected chi connectivity index (χ1v) is 6.28. The van der Waals surface area contributed by atoms with Gasteiger partial charge in [0.25, 0.3) is 0 Å². The molecule has 1 fully saturated rings. The van der Waals surface area contributed by atoms with E-state index in [-0.39, 0.29) is 0 Å². The molecule has 0 aromatic heterocycles. The van der Waals surface area contributed by atoms with E-state index in [0.717, 1.165) is 32.8 Å². The van der Waals surface area contributed by atoms with E-state index in [1.54, 1.807) is 0 Å². The SMILES string of the molecule is CN(C)CCN(C)C(CN)C1CCCOC1. The van der Waals surface area contributed by atoms with Gasteiger partial charge >= 0.3 is 0 Å². The lowest BCUT2D eigenvalue weighted by Crippen LogP contribution is -2.48. The molecule has 2 N–H and O–H groups in total. The molecule has 1 heterocycles. The quantitative estimate of drug-likeness (QED) is 0.708. The van der Waals surface area contributed by atoms with Gasteiger partial charge in [0.15, 0.2) is 0 Å². The van der Waals surface area contributed by atoms with Gasteiger partial charge in [0, 0.05) is 32.3 Å². The largest absolute Gasteiger partial charge is 0.381 e. The maximum absolute atomic E-state index is 5.90. The minimum Gasteiger partial charge on any atom is -0.381 e. The second kappa shape index (κ2) is 7.22. The summed E-state index contributed by atoms with van der Waals surface area (Å²) in [6.45, 7) is 4.70. The standard InChI is InChI=1S/C12H27N3O/c1-14(2)6-7-15(3)12(9-13)11-5-4-8-16-10-11/h11-12H,4-10,13H2,1-3H3. The topological polar surface area (TPSA) is 41.7 Å². The molecule has 4 heteroatoms. The van der Waals surface area contributed by atoms with E-state index < -0.39 is 0 Å². The number of rotatable bonds is 6. The fourth-order valence-electron chi connectivity index (χ4n) is 2.32. The monoisotopic (exact) mass is 229 g/mol. The lowest BCUT2D eigenvalue weighted by Gasteiger charge is -2.36. The zero-order valence-electron chi connectivity index (χ0n) is 11.0. The van der Waals surface area contributed by atoms with Gasteiger partial charge in [0.1, 0.15) is 0 Å². The molecule has 4 nitrogen and oxygen atoms in total. The summed E-state index contributed by atoms with van der Waals surface area (Å²) >= 11 is 0. The first kappa shape index (κ1) is 13.9. The number of hydrogen-bond acceptors (Lipinski definition) is 4. The predicted octanol–water partition coefficient (Wildman–Crippen LogP) is 0.234. The molecule has 1 saturated heterocycles. The first-order valence-electron chi connectivity index (χ1n) is 6.28. The predicted molar refractivity (Wildman–Crippen MR) is 67.6 cm³/mol. The highest BCUT2D eigenvalue weighted by atomic mass is 16.5. The van der Waals surface area contributed by atoms with Crippen molar-refractivity contribution in [3.8, 4) is 0 Å². The minimum absolute atomic E-state index is 0.472. The molecule has 0 amide bonds. The molecule has 1 aliphatic heterocycles. The molecule has 16 heavy (non-hydrogen) atoms. The number of nitrogens with two attached hydrogens (primary N) is 1. The molecule has 2 atom stereocenters. The Morgan fingerprint density at radius 1 is 1.31 bits per heavy atom. The lowest BCUT2D eigenvalue weighted by atomic mass is 9.93. The molecule has 0 aromatic rings. The highest BCUT2D eigenvalue weighted by Gasteiger charge is 2.26. The van der Waals surface area contributed by atoms with Crippen molar-refractivity contribution < 1.29 is 4.74 Å². The summed E-state index contributed by atoms with van der Waals surface area (Å²) in [5, 5.41) is 0. The summed E-state index contributed by atoms with van der Waals surface area (Å²) < 4.78 is 5.55. The average Bonchev–Trinajstić information content (AvgIpc) is 2.29. The minimum atomic E-state index is 0.472. The van der Waals surface area contributed by atoms with Crippen molar-refractivity contribution >= 4 is 0 Å². The first-order chi connectivity index (χ1) is 7.65. The summed E-state index contributed by atoms with van der Waals surface area (Å²) in [5.74, 6) is 0.617. The van der Waals surface area contributed by atoms with Crippen molar-refractivity contribution in [1.29, 1.82) is 0 Å². The average molecular weight is 229 g/mol. The Morgan fingerprint density at radius 2 is 2.06 bits per heavy atom. The number of hydrogen-bond donors (Lipinski definition) is 1. The molecule has 0 bridgehead atoms. The molecular formula is C12H27N3O. The number of nitrogens with zero attached hydrogens (tertiary/aromatic N) is 2. The van der Waals surface area contributed by atoms with E-state index in [2.05, 4.69) is 30.9 Å². The molecule has 0 aliphatic carbocycles. The Balaban J connectivity index is 2.38. The van der Waals surface area contributed by atoms with Crippen LogP contribution in [0.15, 0.2) is 0 Å². The molecule has 1 aliphatic rings. The van der Waals surface area contributed by atoms with Crippen molar-refractivity contribution in [3.05, 3.63) is 0 Å². The van der Waals surface area contributed by atoms with Gasteiger partial charge in [-0.25, -0.2) is 0 Å². The summed E-state index contributed by atoms with van der Waals surface area (Å²) in [6.07, 6.45) is 2.44. The van der Waals surface area contributed by atoms with E-state index >= 15 is 0 Å². The molecule has 0 radical (unpaired) electrons. The van der Waals surface area contributed by atoms with Crippen molar-refractivity contribution in [2.45, 2.75) is 18.9 Å². The van der Waals surface area contributed by atoms with Crippen LogP contribution >= 0.6 is 0 Å². The van der Waals surface area contributed by atoms with Crippen LogP contribution in [0.5, 0.6) is 0 Å². The molecule has 1 rings (SSSR count). The molecule has 0 aromatic carbocycles. The smallest absolute Gasteiger partial charge is 0.0509 e. The summed E-state index contributed by atoms with van der Waals surface area (Å²) in [5.41, 5.74) is 5.90. The second-order valence-corrected chi connectivity index (χ2v) is 5.06. The van der Waals surface area contributed by atoms with E-state index in [1.165, 1.54) is 12.8 Å². The van der Waals surface area contributed by atoms with E-state index in [4.69, 9.17) is 10.5 Å². The second-order valence-electron chi connectivity index (χ2n) is 5.06. The third-order valence-corrected chi connectivity index (χ3v) is 3.45. The van der Waals surface area contributed by atoms with Crippen LogP contribution in [0.4, 0.5) is 0 Å². The molecule has 2 unspecified atom stereocenters. The van der Waals surface area contributed by atoms with Crippen molar-refractivity contribution in [2.75, 3.05) is 54.0 Å². The van der Waals surface area contributed by atoms with Crippen LogP contribution in [0.25, 0.3) is 0 Å². The third kappa shape index (κ3) is 4.37. The van der Waals surface area contributed by atoms with Crippen molar-refractivity contribution in [1.82, 2.24) is 9.80 Å².